The summed E-state index contributed by atoms with van der Waals surface area (Å²) in [5.41, 5.74) is -0.238. The number of carboxylic acid groups (broad SMARTS) is 1. The van der Waals surface area contributed by atoms with Gasteiger partial charge in [0.15, 0.2) is 5.78 Å². The number of imidazole rings is 1. The van der Waals surface area contributed by atoms with E-state index in [1.165, 1.54) is 30.5 Å². The summed E-state index contributed by atoms with van der Waals surface area (Å²) < 4.78 is 15.2. The number of halogens is 2. The van der Waals surface area contributed by atoms with Crippen molar-refractivity contribution in [1.29, 1.82) is 0 Å². The van der Waals surface area contributed by atoms with Crippen LogP contribution in [0.5, 0.6) is 0 Å². The number of carbonyl (C=O) groups is 2. The maximum Gasteiger partial charge on any atom is 0.306 e. The first-order valence-corrected chi connectivity index (χ1v) is 11.4. The molecule has 0 atom stereocenters. The number of carbonyl (C=O) groups excluding carboxylic acids is 1. The van der Waals surface area contributed by atoms with E-state index >= 15 is 0 Å². The molecule has 0 bridgehead atoms. The number of aliphatic hydroxyl groups is 1. The van der Waals surface area contributed by atoms with Crippen LogP contribution in [0.1, 0.15) is 74.1 Å². The number of Topliss-reactive ketones (excluding diaryl/α,β-unsaturated/α-hetero) is 1. The third-order valence-corrected chi connectivity index (χ3v) is 6.17. The Hall–Kier alpha value is -2.69. The van der Waals surface area contributed by atoms with Crippen molar-refractivity contribution < 1.29 is 24.2 Å². The number of carboxylic acids is 1. The van der Waals surface area contributed by atoms with Crippen molar-refractivity contribution in [2.24, 2.45) is 11.8 Å². The van der Waals surface area contributed by atoms with Crippen molar-refractivity contribution in [3.63, 3.8) is 0 Å². The molecule has 2 N–H and O–H groups in total. The zero-order valence-corrected chi connectivity index (χ0v) is 19.5. The average molecular weight is 475 g/mol. The average Bonchev–Trinajstić information content (AvgIpc) is 3.05. The van der Waals surface area contributed by atoms with E-state index in [1.807, 2.05) is 0 Å². The highest BCUT2D eigenvalue weighted by Gasteiger charge is 2.28. The monoisotopic (exact) mass is 474 g/mol. The van der Waals surface area contributed by atoms with Crippen molar-refractivity contribution in [3.05, 3.63) is 52.3 Å². The molecule has 1 heterocycles. The molecule has 6 nitrogen and oxygen atoms in total. The minimum Gasteiger partial charge on any atom is -0.481 e. The van der Waals surface area contributed by atoms with Gasteiger partial charge >= 0.3 is 5.97 Å². The van der Waals surface area contributed by atoms with E-state index in [-0.39, 0.29) is 47.3 Å². The fourth-order valence-corrected chi connectivity index (χ4v) is 4.35. The van der Waals surface area contributed by atoms with Gasteiger partial charge in [-0.3, -0.25) is 9.59 Å². The lowest BCUT2D eigenvalue weighted by atomic mass is 9.79. The van der Waals surface area contributed by atoms with Crippen molar-refractivity contribution in [1.82, 2.24) is 9.55 Å². The third kappa shape index (κ3) is 6.89. The Morgan fingerprint density at radius 2 is 1.97 bits per heavy atom. The number of aliphatic carboxylic acids is 1. The molecule has 8 heteroatoms. The number of hydrogen-bond donors (Lipinski definition) is 2. The molecule has 3 rings (SSSR count). The number of hydrogen-bond acceptors (Lipinski definition) is 4. The van der Waals surface area contributed by atoms with Gasteiger partial charge in [-0.2, -0.15) is 0 Å². The lowest BCUT2D eigenvalue weighted by molar-refractivity contribution is -0.143. The van der Waals surface area contributed by atoms with Crippen molar-refractivity contribution in [3.8, 4) is 11.8 Å². The van der Waals surface area contributed by atoms with Crippen molar-refractivity contribution in [2.75, 3.05) is 0 Å². The molecule has 176 valence electrons. The van der Waals surface area contributed by atoms with Crippen LogP contribution < -0.4 is 0 Å². The fraction of sp³-hybridized carbons (Fsp3) is 0.480. The first-order chi connectivity index (χ1) is 15.5. The van der Waals surface area contributed by atoms with E-state index in [9.17, 15) is 24.2 Å². The molecule has 0 amide bonds. The van der Waals surface area contributed by atoms with Crippen molar-refractivity contribution >= 4 is 23.4 Å². The Morgan fingerprint density at radius 3 is 2.58 bits per heavy atom. The zero-order chi connectivity index (χ0) is 24.2. The van der Waals surface area contributed by atoms with E-state index in [2.05, 4.69) is 16.8 Å². The molecule has 1 fully saturated rings. The van der Waals surface area contributed by atoms with Gasteiger partial charge in [0.05, 0.1) is 12.5 Å². The van der Waals surface area contributed by atoms with Gasteiger partial charge in [-0.1, -0.05) is 18.1 Å². The molecule has 2 aromatic rings. The fourth-order valence-electron chi connectivity index (χ4n) is 4.12. The summed E-state index contributed by atoms with van der Waals surface area (Å²) in [5, 5.41) is 19.2. The lowest BCUT2D eigenvalue weighted by Crippen LogP contribution is -2.22. The molecule has 33 heavy (non-hydrogen) atoms. The number of rotatable bonds is 7. The molecule has 1 saturated carbocycles. The quantitative estimate of drug-likeness (QED) is 0.448. The van der Waals surface area contributed by atoms with E-state index in [4.69, 9.17) is 11.6 Å². The van der Waals surface area contributed by atoms with Gasteiger partial charge in [0.25, 0.3) is 0 Å². The number of benzene rings is 1. The van der Waals surface area contributed by atoms with Crippen LogP contribution in [0.15, 0.2) is 24.3 Å². The van der Waals surface area contributed by atoms with Crippen LogP contribution in [0.25, 0.3) is 0 Å². The van der Waals surface area contributed by atoms with Gasteiger partial charge in [0.1, 0.15) is 22.8 Å². The summed E-state index contributed by atoms with van der Waals surface area (Å²) in [7, 11) is 0. The van der Waals surface area contributed by atoms with Gasteiger partial charge in [-0.25, -0.2) is 9.37 Å². The summed E-state index contributed by atoms with van der Waals surface area (Å²) in [6.07, 6.45) is 3.68. The van der Waals surface area contributed by atoms with Crippen molar-refractivity contribution in [2.45, 2.75) is 64.5 Å². The maximum atomic E-state index is 13.7. The second-order valence-corrected chi connectivity index (χ2v) is 9.46. The largest absolute Gasteiger partial charge is 0.481 e. The molecular weight excluding hydrogens is 447 g/mol. The van der Waals surface area contributed by atoms with E-state index in [0.29, 0.717) is 24.8 Å². The van der Waals surface area contributed by atoms with E-state index in [1.54, 1.807) is 12.1 Å². The first-order valence-electron chi connectivity index (χ1n) is 11.1. The molecule has 0 radical (unpaired) electrons. The lowest BCUT2D eigenvalue weighted by Gasteiger charge is -2.25. The first kappa shape index (κ1) is 24.9. The van der Waals surface area contributed by atoms with Crippen LogP contribution in [0, 0.1) is 29.5 Å². The summed E-state index contributed by atoms with van der Waals surface area (Å²) in [5.74, 6) is 4.09. The smallest absolute Gasteiger partial charge is 0.306 e. The van der Waals surface area contributed by atoms with Crippen LogP contribution in [0.4, 0.5) is 4.39 Å². The Bertz CT molecular complexity index is 1090. The molecule has 1 aromatic carbocycles. The van der Waals surface area contributed by atoms with Gasteiger partial charge < -0.3 is 14.8 Å². The standard InChI is InChI=1S/C25H28ClFN2O4/c1-25(2,33)13-12-20-22(21(30)11-8-16-6-9-18(10-7-16)23(31)32)29(24(26)28-20)15-17-4-3-5-19(27)14-17/h3-5,14,16,18,33H,6-11,15H2,1-2H3,(H,31,32). The SMILES string of the molecule is CC(C)(O)C#Cc1nc(Cl)n(Cc2cccc(F)c2)c1C(=O)CCC1CCC(C(=O)O)CC1. The summed E-state index contributed by atoms with van der Waals surface area (Å²) in [4.78, 5) is 28.7. The second kappa shape index (κ2) is 10.5. The normalized spacial score (nSPS) is 18.5. The summed E-state index contributed by atoms with van der Waals surface area (Å²) in [6, 6.07) is 6.02. The van der Waals surface area contributed by atoms with Gasteiger partial charge in [0.2, 0.25) is 5.28 Å². The summed E-state index contributed by atoms with van der Waals surface area (Å²) >= 11 is 6.35. The zero-order valence-electron chi connectivity index (χ0n) is 18.8. The van der Waals surface area contributed by atoms with Gasteiger partial charge in [-0.05, 0) is 87.1 Å². The molecule has 1 aromatic heterocycles. The molecule has 0 spiro atoms. The van der Waals surface area contributed by atoms with Gasteiger partial charge in [-0.15, -0.1) is 0 Å². The van der Waals surface area contributed by atoms with E-state index < -0.39 is 17.4 Å². The van der Waals surface area contributed by atoms with Crippen LogP contribution in [0.3, 0.4) is 0 Å². The molecular formula is C25H28ClFN2O4. The molecule has 0 unspecified atom stereocenters. The topological polar surface area (TPSA) is 92.4 Å². The van der Waals surface area contributed by atoms with Gasteiger partial charge in [0, 0.05) is 6.42 Å². The Morgan fingerprint density at radius 1 is 1.27 bits per heavy atom. The molecule has 1 aliphatic carbocycles. The highest BCUT2D eigenvalue weighted by atomic mass is 35.5. The van der Waals surface area contributed by atoms with Crippen LogP contribution in [0.2, 0.25) is 5.28 Å². The van der Waals surface area contributed by atoms with E-state index in [0.717, 1.165) is 12.8 Å². The molecule has 0 saturated heterocycles. The molecule has 0 aliphatic heterocycles. The predicted molar refractivity (Wildman–Crippen MR) is 123 cm³/mol. The predicted octanol–water partition coefficient (Wildman–Crippen LogP) is 4.70. The summed E-state index contributed by atoms with van der Waals surface area (Å²) in [6.45, 7) is 3.21. The van der Waals surface area contributed by atoms with Crippen LogP contribution >= 0.6 is 11.6 Å². The minimum atomic E-state index is -1.28. The van der Waals surface area contributed by atoms with Crippen LogP contribution in [-0.4, -0.2) is 37.1 Å². The van der Waals surface area contributed by atoms with Crippen LogP contribution in [-0.2, 0) is 11.3 Å². The Kier molecular flexibility index (Phi) is 7.93. The number of nitrogens with zero attached hydrogens (tertiary/aromatic N) is 2. The number of aromatic nitrogens is 2. The third-order valence-electron chi connectivity index (χ3n) is 5.88. The Balaban J connectivity index is 1.83. The highest BCUT2D eigenvalue weighted by molar-refractivity contribution is 6.29. The second-order valence-electron chi connectivity index (χ2n) is 9.12. The molecule has 1 aliphatic rings. The number of ketones is 1. The minimum absolute atomic E-state index is 0.0598. The Labute approximate surface area is 197 Å². The maximum absolute atomic E-state index is 13.7. The highest BCUT2D eigenvalue weighted by Crippen LogP contribution is 2.32.